The van der Waals surface area contributed by atoms with Crippen molar-refractivity contribution in [2.24, 2.45) is 10.2 Å². The van der Waals surface area contributed by atoms with Crippen LogP contribution >= 0.6 is 11.8 Å². The van der Waals surface area contributed by atoms with Gasteiger partial charge in [-0.15, -0.1) is 5.10 Å². The Bertz CT molecular complexity index is 794. The summed E-state index contributed by atoms with van der Waals surface area (Å²) in [6.07, 6.45) is 1.71. The molecule has 0 bridgehead atoms. The molecule has 1 aliphatic heterocycles. The number of rotatable bonds is 4. The van der Waals surface area contributed by atoms with E-state index in [0.29, 0.717) is 17.1 Å². The summed E-state index contributed by atoms with van der Waals surface area (Å²) in [5.74, 6) is -1.40. The number of nitrogens with one attached hydrogen (secondary N) is 1. The molecule has 0 saturated carbocycles. The molecule has 1 aromatic carbocycles. The molecule has 0 spiro atoms. The zero-order valence-electron chi connectivity index (χ0n) is 12.3. The van der Waals surface area contributed by atoms with Crippen LogP contribution in [0.3, 0.4) is 0 Å². The highest BCUT2D eigenvalue weighted by Gasteiger charge is 2.42. The molecule has 24 heavy (non-hydrogen) atoms. The molecule has 5 nitrogen and oxygen atoms in total. The number of pyridine rings is 1. The van der Waals surface area contributed by atoms with E-state index in [4.69, 9.17) is 0 Å². The predicted molar refractivity (Wildman–Crippen MR) is 90.4 cm³/mol. The van der Waals surface area contributed by atoms with Crippen molar-refractivity contribution in [3.63, 3.8) is 0 Å². The van der Waals surface area contributed by atoms with Crippen molar-refractivity contribution >= 4 is 34.1 Å². The summed E-state index contributed by atoms with van der Waals surface area (Å²) in [5.41, 5.74) is 1.38. The summed E-state index contributed by atoms with van der Waals surface area (Å²) < 4.78 is 28.2. The third kappa shape index (κ3) is 3.83. The molecule has 0 aliphatic carbocycles. The Morgan fingerprint density at radius 1 is 1.08 bits per heavy atom. The molecule has 3 rings (SSSR count). The maximum atomic E-state index is 14.1. The lowest BCUT2D eigenvalue weighted by Gasteiger charge is -2.15. The third-order valence-corrected chi connectivity index (χ3v) is 4.01. The Morgan fingerprint density at radius 2 is 1.83 bits per heavy atom. The highest BCUT2D eigenvalue weighted by atomic mass is 32.2. The van der Waals surface area contributed by atoms with E-state index in [9.17, 15) is 13.6 Å². The SMILES string of the molecule is O=C(Nc1ccccc1)C(F)(F)SC1=NN=C(c2ccccn2)C1. The topological polar surface area (TPSA) is 66.7 Å². The number of nitrogens with zero attached hydrogens (tertiary/aromatic N) is 3. The van der Waals surface area contributed by atoms with Crippen LogP contribution in [0.2, 0.25) is 0 Å². The number of para-hydroxylation sites is 1. The monoisotopic (exact) mass is 346 g/mol. The van der Waals surface area contributed by atoms with Gasteiger partial charge in [-0.1, -0.05) is 24.3 Å². The number of alkyl halides is 2. The zero-order valence-corrected chi connectivity index (χ0v) is 13.1. The Morgan fingerprint density at radius 3 is 2.54 bits per heavy atom. The van der Waals surface area contributed by atoms with Crippen molar-refractivity contribution in [3.05, 3.63) is 60.4 Å². The highest BCUT2D eigenvalue weighted by molar-refractivity contribution is 8.15. The lowest BCUT2D eigenvalue weighted by molar-refractivity contribution is -0.129. The van der Waals surface area contributed by atoms with E-state index in [1.165, 1.54) is 12.1 Å². The van der Waals surface area contributed by atoms with Gasteiger partial charge in [-0.05, 0) is 36.0 Å². The van der Waals surface area contributed by atoms with Crippen LogP contribution in [-0.4, -0.2) is 26.9 Å². The molecule has 0 unspecified atom stereocenters. The van der Waals surface area contributed by atoms with Gasteiger partial charge in [0, 0.05) is 18.3 Å². The quantitative estimate of drug-likeness (QED) is 0.920. The van der Waals surface area contributed by atoms with Crippen LogP contribution in [0, 0.1) is 0 Å². The number of thioether (sulfide) groups is 1. The largest absolute Gasteiger partial charge is 0.376 e. The number of anilines is 1. The lowest BCUT2D eigenvalue weighted by Crippen LogP contribution is -2.32. The molecular weight excluding hydrogens is 334 g/mol. The van der Waals surface area contributed by atoms with Gasteiger partial charge in [0.2, 0.25) is 0 Å². The minimum Gasteiger partial charge on any atom is -0.320 e. The number of carbonyl (C=O) groups is 1. The lowest BCUT2D eigenvalue weighted by atomic mass is 10.2. The highest BCUT2D eigenvalue weighted by Crippen LogP contribution is 2.34. The standard InChI is InChI=1S/C16H12F2N4OS/c17-16(18,15(23)20-11-6-2-1-3-7-11)24-14-10-13(21-22-14)12-8-4-5-9-19-12/h1-9H,10H2,(H,20,23). The second-order valence-electron chi connectivity index (χ2n) is 4.87. The zero-order chi connectivity index (χ0) is 17.0. The maximum absolute atomic E-state index is 14.1. The maximum Gasteiger partial charge on any atom is 0.376 e. The summed E-state index contributed by atoms with van der Waals surface area (Å²) in [6.45, 7) is 0. The van der Waals surface area contributed by atoms with E-state index in [0.717, 1.165) is 0 Å². The molecule has 0 saturated heterocycles. The number of aromatic nitrogens is 1. The Balaban J connectivity index is 1.60. The van der Waals surface area contributed by atoms with Crippen molar-refractivity contribution in [2.75, 3.05) is 5.32 Å². The molecule has 0 fully saturated rings. The van der Waals surface area contributed by atoms with E-state index in [1.807, 2.05) is 0 Å². The fraction of sp³-hybridized carbons (Fsp3) is 0.125. The second kappa shape index (κ2) is 6.88. The smallest absolute Gasteiger partial charge is 0.320 e. The number of benzene rings is 1. The number of carbonyl (C=O) groups excluding carboxylic acids is 1. The minimum atomic E-state index is -3.65. The molecule has 2 aromatic rings. The average molecular weight is 346 g/mol. The molecule has 2 heterocycles. The number of hydrogen-bond donors (Lipinski definition) is 1. The van der Waals surface area contributed by atoms with Crippen LogP contribution in [-0.2, 0) is 4.79 Å². The third-order valence-electron chi connectivity index (χ3n) is 3.10. The van der Waals surface area contributed by atoms with Crippen molar-refractivity contribution in [1.29, 1.82) is 0 Å². The first kappa shape index (κ1) is 16.3. The summed E-state index contributed by atoms with van der Waals surface area (Å²) in [5, 5.41) is 6.22. The Hall–Kier alpha value is -2.61. The fourth-order valence-corrected chi connectivity index (χ4v) is 2.71. The van der Waals surface area contributed by atoms with Gasteiger partial charge in [-0.25, -0.2) is 0 Å². The van der Waals surface area contributed by atoms with E-state index in [2.05, 4.69) is 20.5 Å². The first-order valence-corrected chi connectivity index (χ1v) is 7.84. The van der Waals surface area contributed by atoms with Crippen molar-refractivity contribution in [3.8, 4) is 0 Å². The average Bonchev–Trinajstić information content (AvgIpc) is 3.04. The van der Waals surface area contributed by atoms with Crippen molar-refractivity contribution in [2.45, 2.75) is 11.7 Å². The first-order valence-electron chi connectivity index (χ1n) is 7.03. The minimum absolute atomic E-state index is 0.0730. The van der Waals surface area contributed by atoms with Crippen LogP contribution in [0.4, 0.5) is 14.5 Å². The van der Waals surface area contributed by atoms with Gasteiger partial charge >= 0.3 is 11.2 Å². The van der Waals surface area contributed by atoms with Crippen LogP contribution in [0.5, 0.6) is 0 Å². The van der Waals surface area contributed by atoms with E-state index in [1.54, 1.807) is 42.6 Å². The van der Waals surface area contributed by atoms with Gasteiger partial charge in [0.15, 0.2) is 0 Å². The summed E-state index contributed by atoms with van der Waals surface area (Å²) in [6, 6.07) is 13.3. The first-order chi connectivity index (χ1) is 11.5. The van der Waals surface area contributed by atoms with Crippen molar-refractivity contribution < 1.29 is 13.6 Å². The van der Waals surface area contributed by atoms with Crippen LogP contribution in [0.1, 0.15) is 12.1 Å². The molecule has 1 aliphatic rings. The van der Waals surface area contributed by atoms with Gasteiger partial charge in [0.25, 0.3) is 0 Å². The molecule has 8 heteroatoms. The van der Waals surface area contributed by atoms with E-state index in [-0.39, 0.29) is 23.2 Å². The van der Waals surface area contributed by atoms with Crippen LogP contribution < -0.4 is 5.32 Å². The Kier molecular flexibility index (Phi) is 4.66. The van der Waals surface area contributed by atoms with Gasteiger partial charge < -0.3 is 5.32 Å². The normalized spacial score (nSPS) is 14.1. The number of hydrogen-bond acceptors (Lipinski definition) is 5. The van der Waals surface area contributed by atoms with Crippen LogP contribution in [0.25, 0.3) is 0 Å². The fourth-order valence-electron chi connectivity index (χ4n) is 1.98. The molecule has 0 radical (unpaired) electrons. The van der Waals surface area contributed by atoms with Crippen molar-refractivity contribution in [1.82, 2.24) is 4.98 Å². The van der Waals surface area contributed by atoms with E-state index >= 15 is 0 Å². The van der Waals surface area contributed by atoms with Crippen LogP contribution in [0.15, 0.2) is 64.9 Å². The number of amides is 1. The second-order valence-corrected chi connectivity index (χ2v) is 6.06. The molecule has 1 N–H and O–H groups in total. The molecule has 1 amide bonds. The number of halogens is 2. The molecule has 122 valence electrons. The summed E-state index contributed by atoms with van der Waals surface area (Å²) in [4.78, 5) is 15.9. The molecule has 0 atom stereocenters. The van der Waals surface area contributed by atoms with Gasteiger partial charge in [-0.2, -0.15) is 13.9 Å². The van der Waals surface area contributed by atoms with E-state index < -0.39 is 11.2 Å². The molecule has 1 aromatic heterocycles. The predicted octanol–water partition coefficient (Wildman–Crippen LogP) is 3.55. The summed E-state index contributed by atoms with van der Waals surface area (Å²) in [7, 11) is 0. The Labute approximate surface area is 140 Å². The summed E-state index contributed by atoms with van der Waals surface area (Å²) >= 11 is 0.0975. The van der Waals surface area contributed by atoms with Gasteiger partial charge in [0.1, 0.15) is 5.04 Å². The van der Waals surface area contributed by atoms with Gasteiger partial charge in [0.05, 0.1) is 11.4 Å². The molecular formula is C16H12F2N4OS. The van der Waals surface area contributed by atoms with Gasteiger partial charge in [-0.3, -0.25) is 9.78 Å².